The molecule has 0 aliphatic rings. The van der Waals surface area contributed by atoms with Crippen LogP contribution in [-0.2, 0) is 6.42 Å². The van der Waals surface area contributed by atoms with Crippen LogP contribution < -0.4 is 10.5 Å². The average Bonchev–Trinajstić information content (AvgIpc) is 2.24. The van der Waals surface area contributed by atoms with E-state index in [0.29, 0.717) is 21.1 Å². The molecule has 0 heterocycles. The third-order valence-electron chi connectivity index (χ3n) is 2.21. The van der Waals surface area contributed by atoms with Gasteiger partial charge in [-0.2, -0.15) is 13.2 Å². The van der Waals surface area contributed by atoms with Crippen molar-refractivity contribution in [3.05, 3.63) is 26.6 Å². The number of hydrogen-bond donors (Lipinski definition) is 1. The molecule has 0 aliphatic heterocycles. The van der Waals surface area contributed by atoms with Crippen molar-refractivity contribution in [2.75, 3.05) is 12.4 Å². The molecule has 0 amide bonds. The number of alkyl halides is 3. The van der Waals surface area contributed by atoms with Crippen LogP contribution in [0.1, 0.15) is 12.5 Å². The van der Waals surface area contributed by atoms with Crippen molar-refractivity contribution in [1.29, 1.82) is 0 Å². The Balaban J connectivity index is 2.62. The van der Waals surface area contributed by atoms with Crippen LogP contribution >= 0.6 is 43.6 Å². The molecular formula is C12H14Br2F3NOS. The van der Waals surface area contributed by atoms with Crippen LogP contribution in [0.25, 0.3) is 0 Å². The van der Waals surface area contributed by atoms with Crippen molar-refractivity contribution in [3.63, 3.8) is 0 Å². The van der Waals surface area contributed by atoms with Gasteiger partial charge in [0.15, 0.2) is 0 Å². The highest BCUT2D eigenvalue weighted by atomic mass is 79.9. The summed E-state index contributed by atoms with van der Waals surface area (Å²) in [6, 6.07) is 3.75. The Hall–Kier alpha value is 0.0800. The van der Waals surface area contributed by atoms with Crippen LogP contribution in [0.2, 0.25) is 0 Å². The van der Waals surface area contributed by atoms with Crippen molar-refractivity contribution >= 4 is 43.6 Å². The van der Waals surface area contributed by atoms with Gasteiger partial charge < -0.3 is 10.5 Å². The van der Waals surface area contributed by atoms with Crippen LogP contribution in [0.5, 0.6) is 5.75 Å². The number of ether oxygens (including phenoxy) is 1. The minimum atomic E-state index is -4.22. The van der Waals surface area contributed by atoms with E-state index in [2.05, 4.69) is 31.9 Å². The van der Waals surface area contributed by atoms with E-state index in [0.717, 1.165) is 5.56 Å². The fourth-order valence-corrected chi connectivity index (χ4v) is 3.45. The molecule has 1 unspecified atom stereocenters. The molecule has 0 saturated carbocycles. The van der Waals surface area contributed by atoms with E-state index in [9.17, 15) is 13.2 Å². The second kappa shape index (κ2) is 7.91. The summed E-state index contributed by atoms with van der Waals surface area (Å²) in [5.74, 6) is 0.352. The van der Waals surface area contributed by atoms with Crippen molar-refractivity contribution in [3.8, 4) is 5.75 Å². The number of hydrogen-bond acceptors (Lipinski definition) is 3. The summed E-state index contributed by atoms with van der Waals surface area (Å²) in [6.45, 7) is 1.88. The van der Waals surface area contributed by atoms with E-state index in [-0.39, 0.29) is 30.2 Å². The normalized spacial score (nSPS) is 13.3. The fourth-order valence-electron chi connectivity index (χ4n) is 1.54. The molecule has 0 fully saturated rings. The highest BCUT2D eigenvalue weighted by molar-refractivity contribution is 9.11. The van der Waals surface area contributed by atoms with Gasteiger partial charge in [0.1, 0.15) is 5.75 Å². The zero-order valence-electron chi connectivity index (χ0n) is 10.6. The molecule has 0 saturated heterocycles. The molecule has 1 rings (SSSR count). The minimum Gasteiger partial charge on any atom is -0.490 e. The fraction of sp³-hybridized carbons (Fsp3) is 0.500. The molecule has 0 aromatic heterocycles. The van der Waals surface area contributed by atoms with Gasteiger partial charge in [-0.1, -0.05) is 0 Å². The molecule has 8 heteroatoms. The standard InChI is InChI=1S/C12H14Br2F3NOS/c1-7(18)4-8-5-9(13)11(10(14)6-8)19-2-3-20-12(15,16)17/h5-7H,2-4,18H2,1H3. The molecule has 2 N–H and O–H groups in total. The summed E-state index contributed by atoms with van der Waals surface area (Å²) in [6.07, 6.45) is 0.710. The first-order valence-electron chi connectivity index (χ1n) is 5.76. The summed E-state index contributed by atoms with van der Waals surface area (Å²) in [5, 5.41) is 0. The summed E-state index contributed by atoms with van der Waals surface area (Å²) >= 11 is 6.61. The lowest BCUT2D eigenvalue weighted by Gasteiger charge is -2.13. The predicted octanol–water partition coefficient (Wildman–Crippen LogP) is 4.73. The molecule has 20 heavy (non-hydrogen) atoms. The molecule has 1 atom stereocenters. The van der Waals surface area contributed by atoms with Crippen LogP contribution in [0.4, 0.5) is 13.2 Å². The largest absolute Gasteiger partial charge is 0.490 e. The van der Waals surface area contributed by atoms with Gasteiger partial charge >= 0.3 is 5.51 Å². The first-order chi connectivity index (χ1) is 9.19. The lowest BCUT2D eigenvalue weighted by Crippen LogP contribution is -2.17. The van der Waals surface area contributed by atoms with Crippen molar-refractivity contribution < 1.29 is 17.9 Å². The van der Waals surface area contributed by atoms with Crippen LogP contribution in [0, 0.1) is 0 Å². The maximum Gasteiger partial charge on any atom is 0.441 e. The van der Waals surface area contributed by atoms with E-state index >= 15 is 0 Å². The van der Waals surface area contributed by atoms with E-state index < -0.39 is 5.51 Å². The number of benzene rings is 1. The lowest BCUT2D eigenvalue weighted by molar-refractivity contribution is -0.0329. The lowest BCUT2D eigenvalue weighted by atomic mass is 10.1. The summed E-state index contributed by atoms with van der Waals surface area (Å²) in [7, 11) is 0. The monoisotopic (exact) mass is 435 g/mol. The highest BCUT2D eigenvalue weighted by Crippen LogP contribution is 2.36. The number of nitrogens with two attached hydrogens (primary N) is 1. The summed E-state index contributed by atoms with van der Waals surface area (Å²) in [5.41, 5.74) is 2.53. The predicted molar refractivity (Wildman–Crippen MR) is 83.2 cm³/mol. The Morgan fingerprint density at radius 3 is 2.30 bits per heavy atom. The maximum absolute atomic E-state index is 12.0. The Kier molecular flexibility index (Phi) is 7.17. The van der Waals surface area contributed by atoms with Gasteiger partial charge in [0.25, 0.3) is 0 Å². The van der Waals surface area contributed by atoms with Crippen molar-refractivity contribution in [2.45, 2.75) is 24.9 Å². The average molecular weight is 437 g/mol. The van der Waals surface area contributed by atoms with Gasteiger partial charge in [-0.25, -0.2) is 0 Å². The minimum absolute atomic E-state index is 0.0198. The Morgan fingerprint density at radius 2 is 1.85 bits per heavy atom. The van der Waals surface area contributed by atoms with Gasteiger partial charge in [-0.15, -0.1) is 0 Å². The van der Waals surface area contributed by atoms with E-state index in [4.69, 9.17) is 10.5 Å². The van der Waals surface area contributed by atoms with Crippen LogP contribution in [-0.4, -0.2) is 23.9 Å². The topological polar surface area (TPSA) is 35.2 Å². The Bertz CT molecular complexity index is 432. The number of halogens is 5. The Morgan fingerprint density at radius 1 is 1.30 bits per heavy atom. The van der Waals surface area contributed by atoms with Crippen LogP contribution in [0.3, 0.4) is 0 Å². The molecule has 114 valence electrons. The van der Waals surface area contributed by atoms with E-state index in [1.807, 2.05) is 19.1 Å². The maximum atomic E-state index is 12.0. The number of thioether (sulfide) groups is 1. The zero-order chi connectivity index (χ0) is 15.3. The first kappa shape index (κ1) is 18.1. The third-order valence-corrected chi connectivity index (χ3v) is 4.09. The Labute approximate surface area is 136 Å². The molecule has 0 radical (unpaired) electrons. The van der Waals surface area contributed by atoms with Crippen molar-refractivity contribution in [2.24, 2.45) is 5.73 Å². The first-order valence-corrected chi connectivity index (χ1v) is 8.33. The highest BCUT2D eigenvalue weighted by Gasteiger charge is 2.27. The van der Waals surface area contributed by atoms with E-state index in [1.165, 1.54) is 0 Å². The molecule has 0 bridgehead atoms. The quantitative estimate of drug-likeness (QED) is 0.654. The molecule has 0 spiro atoms. The summed E-state index contributed by atoms with van der Waals surface area (Å²) in [4.78, 5) is 0. The SMILES string of the molecule is CC(N)Cc1cc(Br)c(OCCSC(F)(F)F)c(Br)c1. The second-order valence-corrected chi connectivity index (χ2v) is 7.08. The van der Waals surface area contributed by atoms with Gasteiger partial charge in [-0.3, -0.25) is 0 Å². The van der Waals surface area contributed by atoms with E-state index in [1.54, 1.807) is 0 Å². The molecule has 0 aliphatic carbocycles. The van der Waals surface area contributed by atoms with Crippen LogP contribution in [0.15, 0.2) is 21.1 Å². The number of rotatable bonds is 6. The molecular weight excluding hydrogens is 423 g/mol. The molecule has 2 nitrogen and oxygen atoms in total. The summed E-state index contributed by atoms with van der Waals surface area (Å²) < 4.78 is 42.7. The molecule has 1 aromatic rings. The third kappa shape index (κ3) is 6.69. The van der Waals surface area contributed by atoms with Gasteiger partial charge in [0.2, 0.25) is 0 Å². The van der Waals surface area contributed by atoms with Gasteiger partial charge in [0, 0.05) is 11.8 Å². The van der Waals surface area contributed by atoms with Gasteiger partial charge in [-0.05, 0) is 74.7 Å². The molecule has 1 aromatic carbocycles. The second-order valence-electron chi connectivity index (χ2n) is 4.21. The zero-order valence-corrected chi connectivity index (χ0v) is 14.6. The van der Waals surface area contributed by atoms with Crippen molar-refractivity contribution in [1.82, 2.24) is 0 Å². The smallest absolute Gasteiger partial charge is 0.441 e. The van der Waals surface area contributed by atoms with Gasteiger partial charge in [0.05, 0.1) is 15.6 Å².